The molecule has 0 aliphatic carbocycles. The predicted molar refractivity (Wildman–Crippen MR) is 52.1 cm³/mol. The molecule has 0 fully saturated rings. The van der Waals surface area contributed by atoms with Gasteiger partial charge >= 0.3 is 6.09 Å². The average molecular weight is 207 g/mol. The van der Waals surface area contributed by atoms with Gasteiger partial charge < -0.3 is 5.11 Å². The summed E-state index contributed by atoms with van der Waals surface area (Å²) in [7, 11) is 0. The second kappa shape index (κ2) is 4.36. The van der Waals surface area contributed by atoms with Crippen LogP contribution in [0.3, 0.4) is 0 Å². The molecule has 1 aromatic rings. The van der Waals surface area contributed by atoms with Crippen LogP contribution in [0.2, 0.25) is 0 Å². The summed E-state index contributed by atoms with van der Waals surface area (Å²) >= 11 is 0. The van der Waals surface area contributed by atoms with E-state index in [1.54, 1.807) is 12.2 Å². The Labute approximate surface area is 85.7 Å². The van der Waals surface area contributed by atoms with Crippen LogP contribution in [0.1, 0.15) is 26.3 Å². The van der Waals surface area contributed by atoms with Gasteiger partial charge in [-0.3, -0.25) is 14.9 Å². The number of benzene rings is 1. The van der Waals surface area contributed by atoms with Crippen molar-refractivity contribution in [3.05, 3.63) is 34.9 Å². The van der Waals surface area contributed by atoms with Crippen molar-refractivity contribution in [3.8, 4) is 0 Å². The lowest BCUT2D eigenvalue weighted by Crippen LogP contribution is -2.29. The smallest absolute Gasteiger partial charge is 0.411 e. The molecule has 0 unspecified atom stereocenters. The van der Waals surface area contributed by atoms with Crippen molar-refractivity contribution in [2.75, 3.05) is 0 Å². The summed E-state index contributed by atoms with van der Waals surface area (Å²) in [5.74, 6) is -0.697. The van der Waals surface area contributed by atoms with Crippen LogP contribution in [-0.4, -0.2) is 23.4 Å². The summed E-state index contributed by atoms with van der Waals surface area (Å²) in [5, 5.41) is 10.1. The van der Waals surface area contributed by atoms with Crippen LogP contribution in [0.15, 0.2) is 18.2 Å². The second-order valence-corrected chi connectivity index (χ2v) is 2.95. The standard InChI is InChI=1S/C10H9NO4/c1-6-4-7(5-12)2-3-8(6)9(13)11-10(14)15/h2-5H,1H3,(H,11,13)(H,14,15). The Kier molecular flexibility index (Phi) is 3.17. The normalized spacial score (nSPS) is 9.40. The van der Waals surface area contributed by atoms with Gasteiger partial charge in [-0.25, -0.2) is 4.79 Å². The third kappa shape index (κ3) is 2.63. The van der Waals surface area contributed by atoms with E-state index in [1.165, 1.54) is 18.2 Å². The molecule has 0 bridgehead atoms. The van der Waals surface area contributed by atoms with Crippen LogP contribution in [-0.2, 0) is 0 Å². The fourth-order valence-corrected chi connectivity index (χ4v) is 1.18. The third-order valence-corrected chi connectivity index (χ3v) is 1.85. The lowest BCUT2D eigenvalue weighted by Gasteiger charge is -2.04. The first-order valence-corrected chi connectivity index (χ1v) is 4.14. The van der Waals surface area contributed by atoms with Crippen LogP contribution < -0.4 is 5.32 Å². The summed E-state index contributed by atoms with van der Waals surface area (Å²) in [4.78, 5) is 31.9. The van der Waals surface area contributed by atoms with E-state index in [0.29, 0.717) is 17.4 Å². The van der Waals surface area contributed by atoms with Crippen molar-refractivity contribution in [2.45, 2.75) is 6.92 Å². The number of hydrogen-bond donors (Lipinski definition) is 2. The SMILES string of the molecule is Cc1cc(C=O)ccc1C(=O)NC(=O)O. The molecule has 5 nitrogen and oxygen atoms in total. The zero-order valence-electron chi connectivity index (χ0n) is 7.98. The van der Waals surface area contributed by atoms with Gasteiger partial charge in [0.25, 0.3) is 5.91 Å². The van der Waals surface area contributed by atoms with E-state index in [-0.39, 0.29) is 5.56 Å². The Morgan fingerprint density at radius 3 is 2.53 bits per heavy atom. The zero-order valence-corrected chi connectivity index (χ0v) is 7.98. The molecule has 0 aliphatic heterocycles. The molecule has 1 aromatic carbocycles. The Hall–Kier alpha value is -2.17. The average Bonchev–Trinajstić information content (AvgIpc) is 2.16. The summed E-state index contributed by atoms with van der Waals surface area (Å²) in [6, 6.07) is 4.39. The molecule has 0 radical (unpaired) electrons. The molecule has 0 heterocycles. The quantitative estimate of drug-likeness (QED) is 0.714. The van der Waals surface area contributed by atoms with Crippen molar-refractivity contribution in [3.63, 3.8) is 0 Å². The maximum atomic E-state index is 11.3. The van der Waals surface area contributed by atoms with E-state index in [4.69, 9.17) is 5.11 Å². The van der Waals surface area contributed by atoms with Gasteiger partial charge in [0.05, 0.1) is 0 Å². The van der Waals surface area contributed by atoms with Gasteiger partial charge in [0.15, 0.2) is 0 Å². The van der Waals surface area contributed by atoms with E-state index >= 15 is 0 Å². The van der Waals surface area contributed by atoms with Crippen LogP contribution in [0.25, 0.3) is 0 Å². The molecule has 2 amide bonds. The Balaban J connectivity index is 3.00. The summed E-state index contributed by atoms with van der Waals surface area (Å²) in [6.07, 6.45) is -0.745. The van der Waals surface area contributed by atoms with E-state index in [1.807, 2.05) is 0 Å². The van der Waals surface area contributed by atoms with Crippen LogP contribution in [0, 0.1) is 6.92 Å². The van der Waals surface area contributed by atoms with Crippen molar-refractivity contribution >= 4 is 18.3 Å². The molecule has 0 aliphatic rings. The molecular weight excluding hydrogens is 198 g/mol. The molecule has 1 rings (SSSR count). The van der Waals surface area contributed by atoms with Crippen LogP contribution >= 0.6 is 0 Å². The van der Waals surface area contributed by atoms with Gasteiger partial charge in [-0.15, -0.1) is 0 Å². The summed E-state index contributed by atoms with van der Waals surface area (Å²) < 4.78 is 0. The van der Waals surface area contributed by atoms with Gasteiger partial charge in [0.2, 0.25) is 0 Å². The van der Waals surface area contributed by atoms with E-state index in [9.17, 15) is 14.4 Å². The largest absolute Gasteiger partial charge is 0.465 e. The molecule has 2 N–H and O–H groups in total. The second-order valence-electron chi connectivity index (χ2n) is 2.95. The lowest BCUT2D eigenvalue weighted by atomic mass is 10.1. The molecule has 0 aromatic heterocycles. The molecule has 5 heteroatoms. The number of imide groups is 1. The van der Waals surface area contributed by atoms with Gasteiger partial charge in [-0.2, -0.15) is 0 Å². The molecule has 78 valence electrons. The molecule has 0 saturated carbocycles. The van der Waals surface area contributed by atoms with Crippen LogP contribution in [0.4, 0.5) is 4.79 Å². The molecule has 0 saturated heterocycles. The highest BCUT2D eigenvalue weighted by molar-refractivity contribution is 6.03. The minimum Gasteiger partial charge on any atom is -0.465 e. The summed E-state index contributed by atoms with van der Waals surface area (Å²) in [6.45, 7) is 1.63. The molecular formula is C10H9NO4. The van der Waals surface area contributed by atoms with E-state index < -0.39 is 12.0 Å². The predicted octanol–water partition coefficient (Wildman–Crippen LogP) is 1.22. The number of nitrogens with one attached hydrogen (secondary N) is 1. The first-order chi connectivity index (χ1) is 7.04. The van der Waals surface area contributed by atoms with Gasteiger partial charge in [-0.1, -0.05) is 6.07 Å². The monoisotopic (exact) mass is 207 g/mol. The fourth-order valence-electron chi connectivity index (χ4n) is 1.18. The maximum absolute atomic E-state index is 11.3. The third-order valence-electron chi connectivity index (χ3n) is 1.85. The number of carbonyl (C=O) groups is 3. The molecule has 0 spiro atoms. The minimum absolute atomic E-state index is 0.239. The van der Waals surface area contributed by atoms with Gasteiger partial charge in [0, 0.05) is 11.1 Å². The first kappa shape index (κ1) is 10.9. The van der Waals surface area contributed by atoms with Crippen LogP contribution in [0.5, 0.6) is 0 Å². The molecule has 0 atom stereocenters. The number of carbonyl (C=O) groups excluding carboxylic acids is 2. The highest BCUT2D eigenvalue weighted by atomic mass is 16.4. The maximum Gasteiger partial charge on any atom is 0.411 e. The highest BCUT2D eigenvalue weighted by Gasteiger charge is 2.11. The first-order valence-electron chi connectivity index (χ1n) is 4.14. The van der Waals surface area contributed by atoms with E-state index in [0.717, 1.165) is 0 Å². The number of rotatable bonds is 2. The minimum atomic E-state index is -1.40. The van der Waals surface area contributed by atoms with Crippen molar-refractivity contribution in [1.29, 1.82) is 0 Å². The zero-order chi connectivity index (χ0) is 11.4. The van der Waals surface area contributed by atoms with Gasteiger partial charge in [-0.05, 0) is 24.6 Å². The fraction of sp³-hybridized carbons (Fsp3) is 0.100. The number of aryl methyl sites for hydroxylation is 1. The summed E-state index contributed by atoms with van der Waals surface area (Å²) in [5.41, 5.74) is 1.24. The Morgan fingerprint density at radius 1 is 1.40 bits per heavy atom. The van der Waals surface area contributed by atoms with Crippen molar-refractivity contribution in [1.82, 2.24) is 5.32 Å². The number of hydrogen-bond acceptors (Lipinski definition) is 3. The molecule has 15 heavy (non-hydrogen) atoms. The topological polar surface area (TPSA) is 83.5 Å². The Morgan fingerprint density at radius 2 is 2.07 bits per heavy atom. The number of carboxylic acid groups (broad SMARTS) is 1. The number of amides is 2. The van der Waals surface area contributed by atoms with Gasteiger partial charge in [0.1, 0.15) is 6.29 Å². The lowest BCUT2D eigenvalue weighted by molar-refractivity contribution is 0.0946. The highest BCUT2D eigenvalue weighted by Crippen LogP contribution is 2.09. The van der Waals surface area contributed by atoms with Crippen molar-refractivity contribution in [2.24, 2.45) is 0 Å². The number of aldehydes is 1. The Bertz CT molecular complexity index is 425. The van der Waals surface area contributed by atoms with Crippen molar-refractivity contribution < 1.29 is 19.5 Å². The van der Waals surface area contributed by atoms with E-state index in [2.05, 4.69) is 0 Å².